The highest BCUT2D eigenvalue weighted by molar-refractivity contribution is 14.1. The molecule has 19 heavy (non-hydrogen) atoms. The molecule has 5 heteroatoms. The van der Waals surface area contributed by atoms with Crippen molar-refractivity contribution in [2.45, 2.75) is 0 Å². The van der Waals surface area contributed by atoms with Crippen LogP contribution in [0, 0.1) is 3.57 Å². The molecule has 2 N–H and O–H groups in total. The SMILES string of the molecule is O=C(NC(=O)c1ccccc1I)Nc1ccccc1. The molecule has 2 aromatic rings. The molecule has 0 aliphatic heterocycles. The third-order valence-electron chi connectivity index (χ3n) is 2.38. The van der Waals surface area contributed by atoms with E-state index in [4.69, 9.17) is 0 Å². The number of rotatable bonds is 2. The summed E-state index contributed by atoms with van der Waals surface area (Å²) < 4.78 is 0.796. The lowest BCUT2D eigenvalue weighted by atomic mass is 10.2. The van der Waals surface area contributed by atoms with Gasteiger partial charge in [0.05, 0.1) is 5.56 Å². The number of carbonyl (C=O) groups excluding carboxylic acids is 2. The second kappa shape index (κ2) is 6.33. The van der Waals surface area contributed by atoms with Gasteiger partial charge in [0, 0.05) is 9.26 Å². The molecule has 96 valence electrons. The molecule has 3 amide bonds. The number of benzene rings is 2. The molecule has 4 nitrogen and oxygen atoms in total. The lowest BCUT2D eigenvalue weighted by Crippen LogP contribution is -2.34. The van der Waals surface area contributed by atoms with Crippen LogP contribution in [0.3, 0.4) is 0 Å². The van der Waals surface area contributed by atoms with E-state index in [-0.39, 0.29) is 0 Å². The van der Waals surface area contributed by atoms with Gasteiger partial charge in [-0.3, -0.25) is 10.1 Å². The fraction of sp³-hybridized carbons (Fsp3) is 0. The molecule has 0 fully saturated rings. The van der Waals surface area contributed by atoms with Crippen molar-refractivity contribution >= 4 is 40.2 Å². The molecular formula is C14H11IN2O2. The minimum Gasteiger partial charge on any atom is -0.308 e. The second-order valence-electron chi connectivity index (χ2n) is 3.75. The Kier molecular flexibility index (Phi) is 4.51. The fourth-order valence-electron chi connectivity index (χ4n) is 1.50. The number of hydrogen-bond donors (Lipinski definition) is 2. The minimum atomic E-state index is -0.546. The highest BCUT2D eigenvalue weighted by Gasteiger charge is 2.12. The molecule has 0 saturated heterocycles. The van der Waals surface area contributed by atoms with Crippen LogP contribution in [0.4, 0.5) is 10.5 Å². The van der Waals surface area contributed by atoms with E-state index in [0.29, 0.717) is 11.3 Å². The van der Waals surface area contributed by atoms with Gasteiger partial charge in [-0.25, -0.2) is 4.79 Å². The Balaban J connectivity index is 2.00. The van der Waals surface area contributed by atoms with Crippen LogP contribution in [0.5, 0.6) is 0 Å². The van der Waals surface area contributed by atoms with E-state index < -0.39 is 11.9 Å². The highest BCUT2D eigenvalue weighted by Crippen LogP contribution is 2.11. The van der Waals surface area contributed by atoms with E-state index in [1.165, 1.54) is 0 Å². The fourth-order valence-corrected chi connectivity index (χ4v) is 2.13. The molecule has 0 atom stereocenters. The van der Waals surface area contributed by atoms with Gasteiger partial charge >= 0.3 is 6.03 Å². The quantitative estimate of drug-likeness (QED) is 0.802. The van der Waals surface area contributed by atoms with Crippen molar-refractivity contribution in [1.29, 1.82) is 0 Å². The number of urea groups is 1. The van der Waals surface area contributed by atoms with E-state index in [2.05, 4.69) is 33.2 Å². The van der Waals surface area contributed by atoms with Crippen LogP contribution >= 0.6 is 22.6 Å². The standard InChI is InChI=1S/C14H11IN2O2/c15-12-9-5-4-8-11(12)13(18)17-14(19)16-10-6-2-1-3-7-10/h1-9H,(H2,16,17,18,19). The van der Waals surface area contributed by atoms with Gasteiger partial charge in [-0.1, -0.05) is 30.3 Å². The van der Waals surface area contributed by atoms with E-state index in [1.54, 1.807) is 36.4 Å². The summed E-state index contributed by atoms with van der Waals surface area (Å²) in [5.74, 6) is -0.418. The Labute approximate surface area is 124 Å². The van der Waals surface area contributed by atoms with Crippen molar-refractivity contribution in [2.75, 3.05) is 5.32 Å². The molecule has 0 bridgehead atoms. The summed E-state index contributed by atoms with van der Waals surface area (Å²) in [7, 11) is 0. The smallest absolute Gasteiger partial charge is 0.308 e. The Hall–Kier alpha value is -1.89. The first kappa shape index (κ1) is 13.5. The topological polar surface area (TPSA) is 58.2 Å². The van der Waals surface area contributed by atoms with Crippen LogP contribution < -0.4 is 10.6 Å². The largest absolute Gasteiger partial charge is 0.326 e. The number of amides is 3. The number of hydrogen-bond acceptors (Lipinski definition) is 2. The first-order valence-electron chi connectivity index (χ1n) is 5.59. The summed E-state index contributed by atoms with van der Waals surface area (Å²) in [5, 5.41) is 4.88. The van der Waals surface area contributed by atoms with Gasteiger partial charge < -0.3 is 5.32 Å². The van der Waals surface area contributed by atoms with E-state index in [1.807, 2.05) is 18.2 Å². The first-order chi connectivity index (χ1) is 9.16. The maximum Gasteiger partial charge on any atom is 0.326 e. The Morgan fingerprint density at radius 1 is 0.895 bits per heavy atom. The van der Waals surface area contributed by atoms with E-state index in [9.17, 15) is 9.59 Å². The molecule has 2 rings (SSSR count). The predicted octanol–water partition coefficient (Wildman–Crippen LogP) is 3.25. The molecule has 0 spiro atoms. The Morgan fingerprint density at radius 2 is 1.53 bits per heavy atom. The third-order valence-corrected chi connectivity index (χ3v) is 3.32. The molecule has 0 aliphatic rings. The van der Waals surface area contributed by atoms with Crippen molar-refractivity contribution < 1.29 is 9.59 Å². The summed E-state index contributed by atoms with van der Waals surface area (Å²) in [6.45, 7) is 0. The summed E-state index contributed by atoms with van der Waals surface area (Å²) >= 11 is 2.05. The van der Waals surface area contributed by atoms with Gasteiger partial charge in [-0.15, -0.1) is 0 Å². The van der Waals surface area contributed by atoms with Crippen molar-refractivity contribution in [2.24, 2.45) is 0 Å². The summed E-state index contributed by atoms with van der Waals surface area (Å²) in [6.07, 6.45) is 0. The molecular weight excluding hydrogens is 355 g/mol. The molecule has 2 aromatic carbocycles. The zero-order valence-corrected chi connectivity index (χ0v) is 12.0. The first-order valence-corrected chi connectivity index (χ1v) is 6.66. The molecule has 0 saturated carbocycles. The van der Waals surface area contributed by atoms with Crippen LogP contribution in [0.15, 0.2) is 54.6 Å². The van der Waals surface area contributed by atoms with Crippen LogP contribution in [0.25, 0.3) is 0 Å². The third kappa shape index (κ3) is 3.78. The summed E-state index contributed by atoms with van der Waals surface area (Å²) in [4.78, 5) is 23.6. The molecule has 0 unspecified atom stereocenters. The molecule has 0 heterocycles. The van der Waals surface area contributed by atoms with Gasteiger partial charge in [0.1, 0.15) is 0 Å². The van der Waals surface area contributed by atoms with E-state index in [0.717, 1.165) is 3.57 Å². The zero-order chi connectivity index (χ0) is 13.7. The van der Waals surface area contributed by atoms with Gasteiger partial charge in [0.15, 0.2) is 0 Å². The molecule has 0 radical (unpaired) electrons. The molecule has 0 aromatic heterocycles. The van der Waals surface area contributed by atoms with Gasteiger partial charge in [-0.05, 0) is 46.9 Å². The van der Waals surface area contributed by atoms with Crippen LogP contribution in [0.2, 0.25) is 0 Å². The Morgan fingerprint density at radius 3 is 2.21 bits per heavy atom. The number of halogens is 1. The maximum atomic E-state index is 11.9. The lowest BCUT2D eigenvalue weighted by Gasteiger charge is -2.07. The number of nitrogens with one attached hydrogen (secondary N) is 2. The van der Waals surface area contributed by atoms with Crippen molar-refractivity contribution in [3.8, 4) is 0 Å². The Bertz CT molecular complexity index is 599. The maximum absolute atomic E-state index is 11.9. The minimum absolute atomic E-state index is 0.418. The highest BCUT2D eigenvalue weighted by atomic mass is 127. The second-order valence-corrected chi connectivity index (χ2v) is 4.92. The number of imide groups is 1. The monoisotopic (exact) mass is 366 g/mol. The predicted molar refractivity (Wildman–Crippen MR) is 82.1 cm³/mol. The molecule has 0 aliphatic carbocycles. The van der Waals surface area contributed by atoms with Crippen LogP contribution in [-0.4, -0.2) is 11.9 Å². The van der Waals surface area contributed by atoms with Gasteiger partial charge in [0.25, 0.3) is 5.91 Å². The zero-order valence-electron chi connectivity index (χ0n) is 9.89. The van der Waals surface area contributed by atoms with E-state index >= 15 is 0 Å². The summed E-state index contributed by atoms with van der Waals surface area (Å²) in [5.41, 5.74) is 1.11. The van der Waals surface area contributed by atoms with Gasteiger partial charge in [0.2, 0.25) is 0 Å². The number of para-hydroxylation sites is 1. The average Bonchev–Trinajstić information content (AvgIpc) is 2.40. The van der Waals surface area contributed by atoms with Crippen LogP contribution in [-0.2, 0) is 0 Å². The normalized spacial score (nSPS) is 9.74. The van der Waals surface area contributed by atoms with Crippen molar-refractivity contribution in [3.05, 3.63) is 63.7 Å². The van der Waals surface area contributed by atoms with Crippen molar-refractivity contribution in [1.82, 2.24) is 5.32 Å². The van der Waals surface area contributed by atoms with Gasteiger partial charge in [-0.2, -0.15) is 0 Å². The van der Waals surface area contributed by atoms with Crippen LogP contribution in [0.1, 0.15) is 10.4 Å². The number of anilines is 1. The number of carbonyl (C=O) groups is 2. The summed E-state index contributed by atoms with van der Waals surface area (Å²) in [6, 6.07) is 15.5. The average molecular weight is 366 g/mol. The van der Waals surface area contributed by atoms with Crippen molar-refractivity contribution in [3.63, 3.8) is 0 Å². The lowest BCUT2D eigenvalue weighted by molar-refractivity contribution is 0.0966.